The van der Waals surface area contributed by atoms with Crippen molar-refractivity contribution < 1.29 is 9.72 Å². The molecule has 0 aliphatic rings. The molecule has 0 unspecified atom stereocenters. The lowest BCUT2D eigenvalue weighted by atomic mass is 10.2. The number of nitrogens with one attached hydrogen (secondary N) is 1. The Kier molecular flexibility index (Phi) is 3.44. The van der Waals surface area contributed by atoms with E-state index in [0.717, 1.165) is 0 Å². The molecule has 1 aromatic carbocycles. The molecule has 0 aromatic heterocycles. The van der Waals surface area contributed by atoms with Crippen molar-refractivity contribution in [3.8, 4) is 0 Å². The highest BCUT2D eigenvalue weighted by Gasteiger charge is 2.15. The SMILES string of the molecule is CC(=O)Nc1ccc([N+](=O)[O-])c(N(C)C)c1. The molecule has 0 aliphatic carbocycles. The van der Waals surface area contributed by atoms with Crippen LogP contribution in [-0.2, 0) is 4.79 Å². The third-order valence-corrected chi connectivity index (χ3v) is 1.97. The van der Waals surface area contributed by atoms with Crippen molar-refractivity contribution in [2.75, 3.05) is 24.3 Å². The fourth-order valence-corrected chi connectivity index (χ4v) is 1.32. The molecule has 86 valence electrons. The van der Waals surface area contributed by atoms with E-state index in [9.17, 15) is 14.9 Å². The van der Waals surface area contributed by atoms with Gasteiger partial charge in [0, 0.05) is 32.8 Å². The number of nitro groups is 1. The van der Waals surface area contributed by atoms with Gasteiger partial charge in [0.15, 0.2) is 0 Å². The lowest BCUT2D eigenvalue weighted by Crippen LogP contribution is -2.12. The minimum absolute atomic E-state index is 0.0131. The van der Waals surface area contributed by atoms with Crippen molar-refractivity contribution in [1.82, 2.24) is 0 Å². The fraction of sp³-hybridized carbons (Fsp3) is 0.300. The van der Waals surface area contributed by atoms with E-state index in [1.165, 1.54) is 19.1 Å². The third kappa shape index (κ3) is 2.69. The first-order chi connectivity index (χ1) is 7.41. The molecule has 1 aromatic rings. The van der Waals surface area contributed by atoms with Gasteiger partial charge in [-0.25, -0.2) is 0 Å². The second-order valence-electron chi connectivity index (χ2n) is 3.54. The number of nitrogens with zero attached hydrogens (tertiary/aromatic N) is 2. The predicted molar refractivity (Wildman–Crippen MR) is 61.7 cm³/mol. The molecular formula is C10H13N3O3. The number of hydrogen-bond acceptors (Lipinski definition) is 4. The molecule has 1 amide bonds. The number of benzene rings is 1. The molecule has 0 atom stereocenters. The Morgan fingerprint density at radius 2 is 2.06 bits per heavy atom. The smallest absolute Gasteiger partial charge is 0.292 e. The molecule has 0 saturated carbocycles. The molecule has 0 aliphatic heterocycles. The maximum Gasteiger partial charge on any atom is 0.292 e. The molecule has 1 N–H and O–H groups in total. The summed E-state index contributed by atoms with van der Waals surface area (Å²) in [5.41, 5.74) is 1.01. The Bertz CT molecular complexity index is 429. The zero-order valence-corrected chi connectivity index (χ0v) is 9.35. The van der Waals surface area contributed by atoms with Crippen LogP contribution in [0.15, 0.2) is 18.2 Å². The van der Waals surface area contributed by atoms with E-state index in [0.29, 0.717) is 11.4 Å². The van der Waals surface area contributed by atoms with Crippen LogP contribution in [0.25, 0.3) is 0 Å². The molecule has 1 rings (SSSR count). The van der Waals surface area contributed by atoms with Crippen LogP contribution in [0, 0.1) is 10.1 Å². The average molecular weight is 223 g/mol. The second kappa shape index (κ2) is 4.61. The first-order valence-electron chi connectivity index (χ1n) is 4.65. The summed E-state index contributed by atoms with van der Waals surface area (Å²) in [7, 11) is 3.42. The van der Waals surface area contributed by atoms with Crippen molar-refractivity contribution in [1.29, 1.82) is 0 Å². The summed E-state index contributed by atoms with van der Waals surface area (Å²) in [4.78, 5) is 22.8. The summed E-state index contributed by atoms with van der Waals surface area (Å²) in [5.74, 6) is -0.210. The maximum absolute atomic E-state index is 10.9. The van der Waals surface area contributed by atoms with Crippen LogP contribution in [0.4, 0.5) is 17.1 Å². The van der Waals surface area contributed by atoms with E-state index < -0.39 is 4.92 Å². The molecule has 0 saturated heterocycles. The standard InChI is InChI=1S/C10H13N3O3/c1-7(14)11-8-4-5-9(13(15)16)10(6-8)12(2)3/h4-6H,1-3H3,(H,11,14). The molecule has 6 nitrogen and oxygen atoms in total. The zero-order chi connectivity index (χ0) is 12.3. The quantitative estimate of drug-likeness (QED) is 0.624. The lowest BCUT2D eigenvalue weighted by Gasteiger charge is -2.14. The Labute approximate surface area is 93.0 Å². The zero-order valence-electron chi connectivity index (χ0n) is 9.35. The number of rotatable bonds is 3. The van der Waals surface area contributed by atoms with E-state index in [2.05, 4.69) is 5.32 Å². The van der Waals surface area contributed by atoms with Gasteiger partial charge in [0.25, 0.3) is 5.69 Å². The Hall–Kier alpha value is -2.11. The fourth-order valence-electron chi connectivity index (χ4n) is 1.32. The van der Waals surface area contributed by atoms with Crippen molar-refractivity contribution in [3.05, 3.63) is 28.3 Å². The lowest BCUT2D eigenvalue weighted by molar-refractivity contribution is -0.384. The number of hydrogen-bond donors (Lipinski definition) is 1. The normalized spacial score (nSPS) is 9.69. The summed E-state index contributed by atoms with van der Waals surface area (Å²) >= 11 is 0. The number of carbonyl (C=O) groups is 1. The summed E-state index contributed by atoms with van der Waals surface area (Å²) < 4.78 is 0. The highest BCUT2D eigenvalue weighted by Crippen LogP contribution is 2.29. The van der Waals surface area contributed by atoms with Crippen molar-refractivity contribution in [2.24, 2.45) is 0 Å². The molecular weight excluding hydrogens is 210 g/mol. The average Bonchev–Trinajstić information content (AvgIpc) is 2.16. The van der Waals surface area contributed by atoms with E-state index in [-0.39, 0.29) is 11.6 Å². The van der Waals surface area contributed by atoms with E-state index in [1.807, 2.05) is 0 Å². The van der Waals surface area contributed by atoms with Gasteiger partial charge in [-0.2, -0.15) is 0 Å². The number of carbonyl (C=O) groups excluding carboxylic acids is 1. The van der Waals surface area contributed by atoms with Gasteiger partial charge in [0.1, 0.15) is 5.69 Å². The Balaban J connectivity index is 3.17. The maximum atomic E-state index is 10.9. The van der Waals surface area contributed by atoms with Crippen molar-refractivity contribution >= 4 is 23.0 Å². The Morgan fingerprint density at radius 3 is 2.50 bits per heavy atom. The van der Waals surface area contributed by atoms with Gasteiger partial charge >= 0.3 is 0 Å². The molecule has 0 radical (unpaired) electrons. The highest BCUT2D eigenvalue weighted by atomic mass is 16.6. The molecule has 6 heteroatoms. The minimum atomic E-state index is -0.452. The van der Waals surface area contributed by atoms with E-state index >= 15 is 0 Å². The minimum Gasteiger partial charge on any atom is -0.372 e. The van der Waals surface area contributed by atoms with Gasteiger partial charge in [0.2, 0.25) is 5.91 Å². The van der Waals surface area contributed by atoms with Crippen LogP contribution >= 0.6 is 0 Å². The largest absolute Gasteiger partial charge is 0.372 e. The van der Waals surface area contributed by atoms with E-state index in [4.69, 9.17) is 0 Å². The van der Waals surface area contributed by atoms with Crippen LogP contribution in [0.2, 0.25) is 0 Å². The highest BCUT2D eigenvalue weighted by molar-refractivity contribution is 5.90. The van der Waals surface area contributed by atoms with Crippen LogP contribution in [-0.4, -0.2) is 24.9 Å². The first kappa shape index (κ1) is 12.0. The second-order valence-corrected chi connectivity index (χ2v) is 3.54. The number of nitro benzene ring substituents is 1. The number of amides is 1. The summed E-state index contributed by atoms with van der Waals surface area (Å²) in [6.07, 6.45) is 0. The van der Waals surface area contributed by atoms with Gasteiger partial charge in [0.05, 0.1) is 4.92 Å². The topological polar surface area (TPSA) is 75.5 Å². The molecule has 0 spiro atoms. The summed E-state index contributed by atoms with van der Waals surface area (Å²) in [6, 6.07) is 4.45. The molecule has 16 heavy (non-hydrogen) atoms. The van der Waals surface area contributed by atoms with Gasteiger partial charge in [-0.1, -0.05) is 0 Å². The first-order valence-corrected chi connectivity index (χ1v) is 4.65. The van der Waals surface area contributed by atoms with Gasteiger partial charge in [-0.15, -0.1) is 0 Å². The van der Waals surface area contributed by atoms with Crippen molar-refractivity contribution in [2.45, 2.75) is 6.92 Å². The summed E-state index contributed by atoms with van der Waals surface area (Å²) in [5, 5.41) is 13.3. The van der Waals surface area contributed by atoms with Gasteiger partial charge < -0.3 is 10.2 Å². The molecule has 0 fully saturated rings. The van der Waals surface area contributed by atoms with Gasteiger partial charge in [-0.05, 0) is 12.1 Å². The molecule has 0 bridgehead atoms. The monoisotopic (exact) mass is 223 g/mol. The van der Waals surface area contributed by atoms with E-state index in [1.54, 1.807) is 25.1 Å². The number of anilines is 2. The summed E-state index contributed by atoms with van der Waals surface area (Å²) in [6.45, 7) is 1.39. The van der Waals surface area contributed by atoms with Crippen LogP contribution in [0.1, 0.15) is 6.92 Å². The predicted octanol–water partition coefficient (Wildman–Crippen LogP) is 1.62. The van der Waals surface area contributed by atoms with Gasteiger partial charge in [-0.3, -0.25) is 14.9 Å². The molecule has 0 heterocycles. The van der Waals surface area contributed by atoms with Crippen LogP contribution in [0.5, 0.6) is 0 Å². The van der Waals surface area contributed by atoms with Crippen LogP contribution in [0.3, 0.4) is 0 Å². The van der Waals surface area contributed by atoms with Crippen LogP contribution < -0.4 is 10.2 Å². The third-order valence-electron chi connectivity index (χ3n) is 1.97. The Morgan fingerprint density at radius 1 is 1.44 bits per heavy atom. The van der Waals surface area contributed by atoms with Crippen molar-refractivity contribution in [3.63, 3.8) is 0 Å².